The molecule has 3 N–H and O–H groups in total. The van der Waals surface area contributed by atoms with Crippen molar-refractivity contribution in [2.75, 3.05) is 5.32 Å². The lowest BCUT2D eigenvalue weighted by Gasteiger charge is -2.08. The van der Waals surface area contributed by atoms with Crippen molar-refractivity contribution in [2.45, 2.75) is 6.54 Å². The number of anilines is 1. The van der Waals surface area contributed by atoms with Crippen molar-refractivity contribution in [1.82, 2.24) is 15.2 Å². The van der Waals surface area contributed by atoms with Crippen LogP contribution in [-0.2, 0) is 6.54 Å². The van der Waals surface area contributed by atoms with Gasteiger partial charge in [0.1, 0.15) is 0 Å². The topological polar surface area (TPSA) is 56.5 Å². The van der Waals surface area contributed by atoms with E-state index in [-0.39, 0.29) is 0 Å². The van der Waals surface area contributed by atoms with Crippen LogP contribution in [-0.4, -0.2) is 15.2 Å². The molecule has 2 heterocycles. The smallest absolute Gasteiger partial charge is 0.0671 e. The Morgan fingerprint density at radius 1 is 0.950 bits per heavy atom. The van der Waals surface area contributed by atoms with Gasteiger partial charge in [0.25, 0.3) is 0 Å². The number of fused-ring (bicyclic) bond motifs is 2. The van der Waals surface area contributed by atoms with E-state index in [9.17, 15) is 0 Å². The van der Waals surface area contributed by atoms with E-state index in [0.717, 1.165) is 23.1 Å². The fourth-order valence-electron chi connectivity index (χ4n) is 2.62. The Morgan fingerprint density at radius 2 is 1.85 bits per heavy atom. The highest BCUT2D eigenvalue weighted by molar-refractivity contribution is 5.91. The standard InChI is InChI=1S/C16H14N4/c1-3-11(12-7-8-17-14(12)4-1)9-18-15-5-2-6-16-13(15)10-19-20-16/h1-8,10,17-18H,9H2,(H,19,20). The van der Waals surface area contributed by atoms with E-state index in [1.807, 2.05) is 24.5 Å². The van der Waals surface area contributed by atoms with Gasteiger partial charge in [0, 0.05) is 34.7 Å². The summed E-state index contributed by atoms with van der Waals surface area (Å²) in [5.74, 6) is 0. The van der Waals surface area contributed by atoms with Crippen molar-refractivity contribution in [1.29, 1.82) is 0 Å². The molecule has 0 saturated carbocycles. The number of benzene rings is 2. The molecule has 0 amide bonds. The van der Waals surface area contributed by atoms with Gasteiger partial charge in [-0.2, -0.15) is 5.10 Å². The first-order chi connectivity index (χ1) is 9.92. The molecule has 0 aliphatic rings. The van der Waals surface area contributed by atoms with Crippen LogP contribution >= 0.6 is 0 Å². The predicted molar refractivity (Wildman–Crippen MR) is 81.7 cm³/mol. The largest absolute Gasteiger partial charge is 0.380 e. The van der Waals surface area contributed by atoms with Crippen molar-refractivity contribution < 1.29 is 0 Å². The second-order valence-electron chi connectivity index (χ2n) is 4.85. The number of rotatable bonds is 3. The Bertz CT molecular complexity index is 798. The summed E-state index contributed by atoms with van der Waals surface area (Å²) < 4.78 is 0. The first kappa shape index (κ1) is 11.1. The lowest BCUT2D eigenvalue weighted by molar-refractivity contribution is 1.12. The number of hydrogen-bond donors (Lipinski definition) is 3. The fraction of sp³-hybridized carbons (Fsp3) is 0.0625. The van der Waals surface area contributed by atoms with Gasteiger partial charge in [-0.1, -0.05) is 18.2 Å². The van der Waals surface area contributed by atoms with E-state index in [1.165, 1.54) is 16.5 Å². The van der Waals surface area contributed by atoms with Crippen LogP contribution in [0.4, 0.5) is 5.69 Å². The number of nitrogens with one attached hydrogen (secondary N) is 3. The van der Waals surface area contributed by atoms with Crippen LogP contribution in [0.3, 0.4) is 0 Å². The molecule has 4 nitrogen and oxygen atoms in total. The maximum Gasteiger partial charge on any atom is 0.0671 e. The molecule has 20 heavy (non-hydrogen) atoms. The third-order valence-electron chi connectivity index (χ3n) is 3.64. The molecule has 0 saturated heterocycles. The molecule has 0 aliphatic heterocycles. The first-order valence-corrected chi connectivity index (χ1v) is 6.63. The van der Waals surface area contributed by atoms with E-state index in [4.69, 9.17) is 0 Å². The molecule has 0 radical (unpaired) electrons. The summed E-state index contributed by atoms with van der Waals surface area (Å²) >= 11 is 0. The summed E-state index contributed by atoms with van der Waals surface area (Å²) in [6.07, 6.45) is 3.83. The van der Waals surface area contributed by atoms with Gasteiger partial charge in [-0.25, -0.2) is 0 Å². The van der Waals surface area contributed by atoms with Gasteiger partial charge in [0.2, 0.25) is 0 Å². The van der Waals surface area contributed by atoms with Crippen LogP contribution in [0.1, 0.15) is 5.56 Å². The van der Waals surface area contributed by atoms with E-state index >= 15 is 0 Å². The molecule has 4 rings (SSSR count). The van der Waals surface area contributed by atoms with Gasteiger partial charge in [-0.3, -0.25) is 5.10 Å². The lowest BCUT2D eigenvalue weighted by Crippen LogP contribution is -1.99. The van der Waals surface area contributed by atoms with E-state index in [1.54, 1.807) is 0 Å². The van der Waals surface area contributed by atoms with Gasteiger partial charge < -0.3 is 10.3 Å². The van der Waals surface area contributed by atoms with Crippen LogP contribution in [0.25, 0.3) is 21.8 Å². The highest BCUT2D eigenvalue weighted by Crippen LogP contribution is 2.23. The first-order valence-electron chi connectivity index (χ1n) is 6.63. The van der Waals surface area contributed by atoms with E-state index in [0.29, 0.717) is 0 Å². The van der Waals surface area contributed by atoms with Crippen LogP contribution < -0.4 is 5.32 Å². The maximum atomic E-state index is 4.09. The molecule has 2 aromatic carbocycles. The van der Waals surface area contributed by atoms with Gasteiger partial charge in [0.05, 0.1) is 11.7 Å². The molecular weight excluding hydrogens is 248 g/mol. The van der Waals surface area contributed by atoms with Crippen LogP contribution in [0, 0.1) is 0 Å². The molecule has 0 spiro atoms. The highest BCUT2D eigenvalue weighted by atomic mass is 15.1. The second kappa shape index (κ2) is 4.42. The number of nitrogens with zero attached hydrogens (tertiary/aromatic N) is 1. The average Bonchev–Trinajstić information content (AvgIpc) is 3.13. The fourth-order valence-corrected chi connectivity index (χ4v) is 2.62. The van der Waals surface area contributed by atoms with Crippen molar-refractivity contribution >= 4 is 27.5 Å². The SMILES string of the molecule is c1cc(CNc2cccc3[nH]ncc23)c2cc[nH]c2c1. The minimum Gasteiger partial charge on any atom is -0.380 e. The van der Waals surface area contributed by atoms with Gasteiger partial charge >= 0.3 is 0 Å². The Kier molecular flexibility index (Phi) is 2.45. The zero-order valence-corrected chi connectivity index (χ0v) is 10.9. The number of H-pyrrole nitrogens is 2. The van der Waals surface area contributed by atoms with Crippen LogP contribution in [0.15, 0.2) is 54.9 Å². The lowest BCUT2D eigenvalue weighted by atomic mass is 10.1. The Balaban J connectivity index is 1.67. The minimum absolute atomic E-state index is 0.791. The Hall–Kier alpha value is -2.75. The zero-order valence-electron chi connectivity index (χ0n) is 10.9. The van der Waals surface area contributed by atoms with Crippen LogP contribution in [0.2, 0.25) is 0 Å². The minimum atomic E-state index is 0.791. The molecule has 0 unspecified atom stereocenters. The summed E-state index contributed by atoms with van der Waals surface area (Å²) in [5.41, 5.74) is 4.61. The second-order valence-corrected chi connectivity index (χ2v) is 4.85. The molecule has 0 aliphatic carbocycles. The normalized spacial score (nSPS) is 11.2. The highest BCUT2D eigenvalue weighted by Gasteiger charge is 2.04. The van der Waals surface area contributed by atoms with Crippen LogP contribution in [0.5, 0.6) is 0 Å². The van der Waals surface area contributed by atoms with Crippen molar-refractivity contribution in [2.24, 2.45) is 0 Å². The summed E-state index contributed by atoms with van der Waals surface area (Å²) in [6.45, 7) is 0.791. The number of aromatic amines is 2. The van der Waals surface area contributed by atoms with Crippen molar-refractivity contribution in [3.8, 4) is 0 Å². The quantitative estimate of drug-likeness (QED) is 0.528. The number of hydrogen-bond acceptors (Lipinski definition) is 2. The Morgan fingerprint density at radius 3 is 2.85 bits per heavy atom. The molecule has 4 aromatic rings. The molecule has 98 valence electrons. The molecule has 2 aromatic heterocycles. The third kappa shape index (κ3) is 1.73. The van der Waals surface area contributed by atoms with Crippen molar-refractivity contribution in [3.05, 3.63) is 60.4 Å². The third-order valence-corrected chi connectivity index (χ3v) is 3.64. The summed E-state index contributed by atoms with van der Waals surface area (Å²) in [6, 6.07) is 14.6. The van der Waals surface area contributed by atoms with Gasteiger partial charge in [-0.15, -0.1) is 0 Å². The summed E-state index contributed by atoms with van der Waals surface area (Å²) in [7, 11) is 0. The molecule has 0 bridgehead atoms. The molecule has 0 atom stereocenters. The molecular formula is C16H14N4. The van der Waals surface area contributed by atoms with Gasteiger partial charge in [-0.05, 0) is 29.8 Å². The molecule has 0 fully saturated rings. The zero-order chi connectivity index (χ0) is 13.4. The average molecular weight is 262 g/mol. The maximum absolute atomic E-state index is 4.09. The van der Waals surface area contributed by atoms with E-state index in [2.05, 4.69) is 50.8 Å². The van der Waals surface area contributed by atoms with E-state index < -0.39 is 0 Å². The predicted octanol–water partition coefficient (Wildman–Crippen LogP) is 3.66. The summed E-state index contributed by atoms with van der Waals surface area (Å²) in [4.78, 5) is 3.24. The monoisotopic (exact) mass is 262 g/mol. The van der Waals surface area contributed by atoms with Crippen molar-refractivity contribution in [3.63, 3.8) is 0 Å². The Labute approximate surface area is 115 Å². The summed E-state index contributed by atoms with van der Waals surface area (Å²) in [5, 5.41) is 13.0. The van der Waals surface area contributed by atoms with Gasteiger partial charge in [0.15, 0.2) is 0 Å². The number of aromatic nitrogens is 3. The molecule has 4 heteroatoms.